The smallest absolute Gasteiger partial charge is 0.254 e. The Morgan fingerprint density at radius 2 is 1.66 bits per heavy atom. The number of carbonyl (C=O) groups is 2. The zero-order chi connectivity index (χ0) is 23.7. The lowest BCUT2D eigenvalue weighted by atomic mass is 9.63. The number of amides is 2. The normalized spacial score (nSPS) is 30.3. The van der Waals surface area contributed by atoms with Crippen LogP contribution in [0.2, 0.25) is 0 Å². The maximum absolute atomic E-state index is 13.1. The molecule has 5 nitrogen and oxygen atoms in total. The molecule has 0 spiro atoms. The molecule has 6 heteroatoms. The van der Waals surface area contributed by atoms with Gasteiger partial charge in [-0.15, -0.1) is 0 Å². The predicted molar refractivity (Wildman–Crippen MR) is 137 cm³/mol. The van der Waals surface area contributed by atoms with Crippen LogP contribution in [-0.2, 0) is 16.2 Å². The van der Waals surface area contributed by atoms with Crippen molar-refractivity contribution < 1.29 is 14.3 Å². The molecule has 2 saturated carbocycles. The summed E-state index contributed by atoms with van der Waals surface area (Å²) in [5, 5.41) is 7.81. The number of halogens is 1. The lowest BCUT2D eigenvalue weighted by molar-refractivity contribution is -0.140. The third-order valence-corrected chi connectivity index (χ3v) is 8.80. The Morgan fingerprint density at radius 3 is 2.40 bits per heavy atom. The third-order valence-electron chi connectivity index (χ3n) is 8.18. The number of hydrogen-bond donors (Lipinski definition) is 0. The summed E-state index contributed by atoms with van der Waals surface area (Å²) in [6.45, 7) is 0.450. The van der Waals surface area contributed by atoms with E-state index in [0.717, 1.165) is 32.8 Å². The van der Waals surface area contributed by atoms with E-state index in [9.17, 15) is 9.59 Å². The fourth-order valence-corrected chi connectivity index (χ4v) is 6.98. The maximum atomic E-state index is 13.1. The second-order valence-electron chi connectivity index (χ2n) is 10.0. The van der Waals surface area contributed by atoms with Crippen molar-refractivity contribution in [3.05, 3.63) is 88.4 Å². The quantitative estimate of drug-likeness (QED) is 0.248. The highest BCUT2D eigenvalue weighted by Crippen LogP contribution is 2.65. The number of carbonyl (C=O) groups excluding carboxylic acids is 2. The molecule has 3 fully saturated rings. The second-order valence-corrected chi connectivity index (χ2v) is 10.9. The van der Waals surface area contributed by atoms with E-state index in [-0.39, 0.29) is 35.5 Å². The van der Waals surface area contributed by atoms with Crippen LogP contribution in [0.25, 0.3) is 10.8 Å². The van der Waals surface area contributed by atoms with E-state index in [2.05, 4.69) is 57.4 Å². The van der Waals surface area contributed by atoms with Gasteiger partial charge in [0.15, 0.2) is 0 Å². The van der Waals surface area contributed by atoms with Gasteiger partial charge in [-0.25, -0.2) is 0 Å². The molecule has 2 bridgehead atoms. The van der Waals surface area contributed by atoms with Crippen molar-refractivity contribution in [2.24, 2.45) is 40.6 Å². The third kappa shape index (κ3) is 3.30. The Labute approximate surface area is 211 Å². The molecule has 4 aliphatic carbocycles. The topological polar surface area (TPSA) is 59.0 Å². The maximum Gasteiger partial charge on any atom is 0.254 e. The zero-order valence-corrected chi connectivity index (χ0v) is 20.5. The van der Waals surface area contributed by atoms with E-state index in [4.69, 9.17) is 4.74 Å². The van der Waals surface area contributed by atoms with E-state index >= 15 is 0 Å². The monoisotopic (exact) mass is 526 g/mol. The molecule has 2 amide bonds. The first-order valence-corrected chi connectivity index (χ1v) is 12.9. The number of allylic oxidation sites excluding steroid dienone is 2. The van der Waals surface area contributed by atoms with Crippen LogP contribution in [0.1, 0.15) is 17.5 Å². The molecule has 5 aliphatic rings. The van der Waals surface area contributed by atoms with E-state index < -0.39 is 0 Å². The SMILES string of the molecule is O=C1[C@@H]2[C@H]3C=C[C@@H]([C@@H]4C[C@H]34)[C@@H]2C(=O)N1/N=C\c1ccc(OCc2cccc3ccccc23)c(Br)c1. The number of fused-ring (bicyclic) bond motifs is 1. The fraction of sp³-hybridized carbons (Fsp3) is 0.276. The number of rotatable bonds is 5. The Balaban J connectivity index is 1.06. The standard InChI is InChI=1S/C29H23BrN2O3/c30-24-12-16(8-11-25(24)35-15-18-6-3-5-17-4-1-2-7-19(17)18)14-31-32-28(33)26-20-9-10-21(23-13-22(20)23)27(26)29(32)34/h1-12,14,20-23,26-27H,13,15H2/b31-14-/t20-,21-,22-,23+,26-,27+/m0/s1. The number of hydrazone groups is 1. The lowest BCUT2D eigenvalue weighted by Crippen LogP contribution is -2.40. The van der Waals surface area contributed by atoms with Crippen LogP contribution >= 0.6 is 15.9 Å². The fourth-order valence-electron chi connectivity index (χ4n) is 6.47. The van der Waals surface area contributed by atoms with Crippen LogP contribution in [0.3, 0.4) is 0 Å². The zero-order valence-electron chi connectivity index (χ0n) is 18.9. The molecule has 0 aromatic heterocycles. The molecule has 0 N–H and O–H groups in total. The van der Waals surface area contributed by atoms with Crippen LogP contribution < -0.4 is 4.74 Å². The Bertz CT molecular complexity index is 1410. The number of benzene rings is 3. The van der Waals surface area contributed by atoms with Gasteiger partial charge in [0.25, 0.3) is 11.8 Å². The van der Waals surface area contributed by atoms with Crippen LogP contribution in [0.4, 0.5) is 0 Å². The van der Waals surface area contributed by atoms with Crippen molar-refractivity contribution in [2.75, 3.05) is 0 Å². The summed E-state index contributed by atoms with van der Waals surface area (Å²) >= 11 is 3.59. The van der Waals surface area contributed by atoms with E-state index in [0.29, 0.717) is 18.4 Å². The summed E-state index contributed by atoms with van der Waals surface area (Å²) in [5.41, 5.74) is 1.91. The van der Waals surface area contributed by atoms with Crippen molar-refractivity contribution >= 4 is 44.7 Å². The van der Waals surface area contributed by atoms with Gasteiger partial charge in [0.05, 0.1) is 22.5 Å². The summed E-state index contributed by atoms with van der Waals surface area (Å²) < 4.78 is 6.88. The van der Waals surface area contributed by atoms with Gasteiger partial charge in [-0.05, 0) is 86.1 Å². The summed E-state index contributed by atoms with van der Waals surface area (Å²) in [5.74, 6) is 1.57. The first-order valence-electron chi connectivity index (χ1n) is 12.1. The molecule has 3 aromatic carbocycles. The molecule has 35 heavy (non-hydrogen) atoms. The van der Waals surface area contributed by atoms with Crippen molar-refractivity contribution in [3.8, 4) is 5.75 Å². The molecule has 0 unspecified atom stereocenters. The minimum Gasteiger partial charge on any atom is -0.488 e. The largest absolute Gasteiger partial charge is 0.488 e. The molecule has 3 aromatic rings. The molecule has 174 valence electrons. The Hall–Kier alpha value is -3.25. The van der Waals surface area contributed by atoms with Crippen molar-refractivity contribution in [1.82, 2.24) is 5.01 Å². The molecule has 1 saturated heterocycles. The van der Waals surface area contributed by atoms with Crippen molar-refractivity contribution in [1.29, 1.82) is 0 Å². The highest BCUT2D eigenvalue weighted by Gasteiger charge is 2.67. The summed E-state index contributed by atoms with van der Waals surface area (Å²) in [6.07, 6.45) is 7.09. The van der Waals surface area contributed by atoms with E-state index in [1.807, 2.05) is 36.4 Å². The van der Waals surface area contributed by atoms with Crippen molar-refractivity contribution in [3.63, 3.8) is 0 Å². The van der Waals surface area contributed by atoms with Crippen molar-refractivity contribution in [2.45, 2.75) is 13.0 Å². The number of imide groups is 1. The summed E-state index contributed by atoms with van der Waals surface area (Å²) in [6, 6.07) is 20.1. The first-order chi connectivity index (χ1) is 17.1. The van der Waals surface area contributed by atoms with E-state index in [1.165, 1.54) is 10.8 Å². The molecular weight excluding hydrogens is 504 g/mol. The average molecular weight is 527 g/mol. The number of ether oxygens (including phenoxy) is 1. The van der Waals surface area contributed by atoms with Gasteiger partial charge >= 0.3 is 0 Å². The molecule has 1 heterocycles. The van der Waals surface area contributed by atoms with Crippen LogP contribution in [0.15, 0.2) is 82.4 Å². The summed E-state index contributed by atoms with van der Waals surface area (Å²) in [4.78, 5) is 26.2. The molecule has 0 radical (unpaired) electrons. The van der Waals surface area contributed by atoms with Gasteiger partial charge in [0.2, 0.25) is 0 Å². The van der Waals surface area contributed by atoms with Gasteiger partial charge in [0, 0.05) is 0 Å². The average Bonchev–Trinajstić information content (AvgIpc) is 3.66. The minimum atomic E-state index is -0.227. The van der Waals surface area contributed by atoms with Gasteiger partial charge in [-0.3, -0.25) is 9.59 Å². The highest BCUT2D eigenvalue weighted by atomic mass is 79.9. The number of hydrogen-bond acceptors (Lipinski definition) is 4. The lowest BCUT2D eigenvalue weighted by Gasteiger charge is -2.37. The van der Waals surface area contributed by atoms with Gasteiger partial charge in [0.1, 0.15) is 12.4 Å². The van der Waals surface area contributed by atoms with Crippen LogP contribution in [-0.4, -0.2) is 23.0 Å². The second kappa shape index (κ2) is 7.89. The van der Waals surface area contributed by atoms with Crippen LogP contribution in [0.5, 0.6) is 5.75 Å². The van der Waals surface area contributed by atoms with Gasteiger partial charge in [-0.1, -0.05) is 54.6 Å². The summed E-state index contributed by atoms with van der Waals surface area (Å²) in [7, 11) is 0. The molecular formula is C29H23BrN2O3. The predicted octanol–water partition coefficient (Wildman–Crippen LogP) is 5.57. The molecule has 8 rings (SSSR count). The van der Waals surface area contributed by atoms with E-state index in [1.54, 1.807) is 6.21 Å². The van der Waals surface area contributed by atoms with Gasteiger partial charge < -0.3 is 4.74 Å². The highest BCUT2D eigenvalue weighted by molar-refractivity contribution is 9.10. The molecule has 6 atom stereocenters. The Kier molecular flexibility index (Phi) is 4.75. The Morgan fingerprint density at radius 1 is 0.943 bits per heavy atom. The first kappa shape index (κ1) is 21.1. The van der Waals surface area contributed by atoms with Gasteiger partial charge in [-0.2, -0.15) is 10.1 Å². The minimum absolute atomic E-state index is 0.143. The molecule has 1 aliphatic heterocycles. The van der Waals surface area contributed by atoms with Crippen LogP contribution in [0, 0.1) is 35.5 Å². The number of nitrogens with zero attached hydrogens (tertiary/aromatic N) is 2.